The minimum atomic E-state index is -1.07. The summed E-state index contributed by atoms with van der Waals surface area (Å²) < 4.78 is 34.0. The van der Waals surface area contributed by atoms with Gasteiger partial charge in [-0.3, -0.25) is 14.8 Å². The summed E-state index contributed by atoms with van der Waals surface area (Å²) >= 11 is 0. The van der Waals surface area contributed by atoms with Crippen molar-refractivity contribution in [2.24, 2.45) is 0 Å². The summed E-state index contributed by atoms with van der Waals surface area (Å²) in [6, 6.07) is 2.88. The molecule has 9 heteroatoms. The lowest BCUT2D eigenvalue weighted by Crippen LogP contribution is -2.38. The normalized spacial score (nSPS) is 18.4. The van der Waals surface area contributed by atoms with Crippen LogP contribution < -0.4 is 5.32 Å². The highest BCUT2D eigenvalue weighted by molar-refractivity contribution is 5.84. The molecule has 2 N–H and O–H groups in total. The number of carboxylic acids is 1. The number of fused-ring (bicyclic) bond motifs is 1. The smallest absolute Gasteiger partial charge is 0.408 e. The number of nitrogens with zero attached hydrogens (tertiary/aromatic N) is 2. The summed E-state index contributed by atoms with van der Waals surface area (Å²) in [7, 11) is 0. The molecule has 0 spiro atoms. The number of rotatable bonds is 4. The van der Waals surface area contributed by atoms with Gasteiger partial charge >= 0.3 is 12.1 Å². The van der Waals surface area contributed by atoms with Crippen LogP contribution >= 0.6 is 0 Å². The number of alkyl carbamates (subject to hydrolysis) is 1. The van der Waals surface area contributed by atoms with Crippen LogP contribution in [0, 0.1) is 11.6 Å². The third-order valence-electron chi connectivity index (χ3n) is 4.74. The van der Waals surface area contributed by atoms with Gasteiger partial charge in [0.05, 0.1) is 23.9 Å². The molecule has 31 heavy (non-hydrogen) atoms. The fourth-order valence-corrected chi connectivity index (χ4v) is 3.55. The van der Waals surface area contributed by atoms with E-state index in [0.29, 0.717) is 5.57 Å². The van der Waals surface area contributed by atoms with E-state index < -0.39 is 41.3 Å². The summed E-state index contributed by atoms with van der Waals surface area (Å²) in [5, 5.41) is 12.0. The molecule has 1 aliphatic carbocycles. The van der Waals surface area contributed by atoms with Gasteiger partial charge in [0.15, 0.2) is 11.6 Å². The Kier molecular flexibility index (Phi) is 6.33. The number of carbonyl (C=O) groups is 2. The Morgan fingerprint density at radius 3 is 2.61 bits per heavy atom. The fraction of sp³-hybridized carbons (Fsp3) is 0.364. The third kappa shape index (κ3) is 5.22. The number of amides is 1. The van der Waals surface area contributed by atoms with Gasteiger partial charge in [0.1, 0.15) is 5.60 Å². The first-order chi connectivity index (χ1) is 14.6. The molecule has 0 unspecified atom stereocenters. The highest BCUT2D eigenvalue weighted by Crippen LogP contribution is 2.41. The Balaban J connectivity index is 2.13. The Labute approximate surface area is 178 Å². The van der Waals surface area contributed by atoms with Gasteiger partial charge in [-0.05, 0) is 44.4 Å². The Morgan fingerprint density at radius 1 is 1.23 bits per heavy atom. The highest BCUT2D eigenvalue weighted by atomic mass is 19.2. The van der Waals surface area contributed by atoms with E-state index in [2.05, 4.69) is 15.3 Å². The third-order valence-corrected chi connectivity index (χ3v) is 4.74. The summed E-state index contributed by atoms with van der Waals surface area (Å²) in [5.41, 5.74) is 0.167. The average Bonchev–Trinajstić information content (AvgIpc) is 2.80. The van der Waals surface area contributed by atoms with Crippen LogP contribution in [0.25, 0.3) is 5.57 Å². The first-order valence-electron chi connectivity index (χ1n) is 9.72. The molecule has 0 fully saturated rings. The van der Waals surface area contributed by atoms with Crippen LogP contribution in [0.2, 0.25) is 0 Å². The molecular weight excluding hydrogens is 408 g/mol. The van der Waals surface area contributed by atoms with Crippen molar-refractivity contribution < 1.29 is 28.2 Å². The lowest BCUT2D eigenvalue weighted by molar-refractivity contribution is -0.135. The van der Waals surface area contributed by atoms with Crippen molar-refractivity contribution in [3.05, 3.63) is 65.3 Å². The molecule has 1 aromatic heterocycles. The van der Waals surface area contributed by atoms with Gasteiger partial charge in [0.2, 0.25) is 0 Å². The molecule has 0 saturated heterocycles. The van der Waals surface area contributed by atoms with Crippen molar-refractivity contribution in [1.82, 2.24) is 15.3 Å². The van der Waals surface area contributed by atoms with Crippen LogP contribution in [0.1, 0.15) is 62.5 Å². The van der Waals surface area contributed by atoms with E-state index in [0.717, 1.165) is 6.07 Å². The van der Waals surface area contributed by atoms with Gasteiger partial charge < -0.3 is 15.2 Å². The van der Waals surface area contributed by atoms with E-state index >= 15 is 0 Å². The number of aliphatic carboxylic acids is 1. The predicted molar refractivity (Wildman–Crippen MR) is 108 cm³/mol. The van der Waals surface area contributed by atoms with Crippen LogP contribution in [-0.4, -0.2) is 32.7 Å². The van der Waals surface area contributed by atoms with Gasteiger partial charge in [0.25, 0.3) is 0 Å². The molecular formula is C22H23F2N3O4. The zero-order valence-electron chi connectivity index (χ0n) is 17.4. The SMILES string of the molecule is CC(C)(C)OC(=O)N[C@@H]1c2nccnc2C(CC(=O)O)=CC[C@H]1c1cccc(F)c1F. The zero-order chi connectivity index (χ0) is 22.8. The van der Waals surface area contributed by atoms with E-state index in [9.17, 15) is 23.5 Å². The Bertz CT molecular complexity index is 1030. The predicted octanol–water partition coefficient (Wildman–Crippen LogP) is 4.37. The summed E-state index contributed by atoms with van der Waals surface area (Å²) in [6.07, 6.45) is 3.45. The van der Waals surface area contributed by atoms with Gasteiger partial charge in [-0.1, -0.05) is 18.2 Å². The molecule has 0 aliphatic heterocycles. The molecule has 2 atom stereocenters. The van der Waals surface area contributed by atoms with Crippen molar-refractivity contribution in [3.8, 4) is 0 Å². The van der Waals surface area contributed by atoms with Crippen molar-refractivity contribution >= 4 is 17.6 Å². The van der Waals surface area contributed by atoms with Gasteiger partial charge in [-0.15, -0.1) is 0 Å². The molecule has 0 saturated carbocycles. The first-order valence-corrected chi connectivity index (χ1v) is 9.72. The van der Waals surface area contributed by atoms with Crippen molar-refractivity contribution in [1.29, 1.82) is 0 Å². The van der Waals surface area contributed by atoms with Crippen LogP contribution in [0.3, 0.4) is 0 Å². The van der Waals surface area contributed by atoms with Crippen molar-refractivity contribution in [2.45, 2.75) is 51.2 Å². The standard InChI is InChI=1S/C22H23F2N3O4/c1-22(2,3)31-21(30)27-19-14(13-5-4-6-15(23)17(13)24)8-7-12(11-16(28)29)18-20(19)26-10-9-25-18/h4-7,9-10,14,19H,8,11H2,1-3H3,(H,27,30)(H,28,29)/t14-,19-/m0/s1. The highest BCUT2D eigenvalue weighted by Gasteiger charge is 2.36. The van der Waals surface area contributed by atoms with Crippen LogP contribution in [0.4, 0.5) is 13.6 Å². The maximum Gasteiger partial charge on any atom is 0.408 e. The lowest BCUT2D eigenvalue weighted by Gasteiger charge is -2.29. The largest absolute Gasteiger partial charge is 0.481 e. The van der Waals surface area contributed by atoms with Crippen molar-refractivity contribution in [2.75, 3.05) is 0 Å². The zero-order valence-corrected chi connectivity index (χ0v) is 17.4. The van der Waals surface area contributed by atoms with E-state index in [1.807, 2.05) is 0 Å². The van der Waals surface area contributed by atoms with E-state index in [4.69, 9.17) is 4.74 Å². The van der Waals surface area contributed by atoms with Crippen LogP contribution in [0.15, 0.2) is 36.7 Å². The van der Waals surface area contributed by atoms with E-state index in [1.54, 1.807) is 26.8 Å². The topological polar surface area (TPSA) is 101 Å². The number of allylic oxidation sites excluding steroid dienone is 1. The molecule has 1 amide bonds. The second-order valence-corrected chi connectivity index (χ2v) is 8.20. The number of halogens is 2. The number of carbonyl (C=O) groups excluding carboxylic acids is 1. The number of benzene rings is 1. The molecule has 1 heterocycles. The quantitative estimate of drug-likeness (QED) is 0.746. The molecule has 1 aliphatic rings. The lowest BCUT2D eigenvalue weighted by atomic mass is 9.87. The molecule has 0 radical (unpaired) electrons. The minimum Gasteiger partial charge on any atom is -0.481 e. The van der Waals surface area contributed by atoms with Crippen LogP contribution in [0.5, 0.6) is 0 Å². The monoisotopic (exact) mass is 431 g/mol. The van der Waals surface area contributed by atoms with Crippen molar-refractivity contribution in [3.63, 3.8) is 0 Å². The molecule has 2 aromatic rings. The molecule has 3 rings (SSSR count). The molecule has 164 valence electrons. The minimum absolute atomic E-state index is 0.0329. The first kappa shape index (κ1) is 22.3. The number of aromatic nitrogens is 2. The number of hydrogen-bond donors (Lipinski definition) is 2. The summed E-state index contributed by atoms with van der Waals surface area (Å²) in [4.78, 5) is 32.5. The molecule has 1 aromatic carbocycles. The van der Waals surface area contributed by atoms with Gasteiger partial charge in [-0.2, -0.15) is 0 Å². The average molecular weight is 431 g/mol. The number of carboxylic acid groups (broad SMARTS) is 1. The summed E-state index contributed by atoms with van der Waals surface area (Å²) in [5.74, 6) is -3.91. The number of hydrogen-bond acceptors (Lipinski definition) is 5. The van der Waals surface area contributed by atoms with Gasteiger partial charge in [0, 0.05) is 18.3 Å². The fourth-order valence-electron chi connectivity index (χ4n) is 3.55. The Morgan fingerprint density at radius 2 is 1.94 bits per heavy atom. The number of ether oxygens (including phenoxy) is 1. The Hall–Kier alpha value is -3.36. The maximum atomic E-state index is 14.7. The number of nitrogens with one attached hydrogen (secondary N) is 1. The van der Waals surface area contributed by atoms with E-state index in [-0.39, 0.29) is 29.8 Å². The van der Waals surface area contributed by atoms with E-state index in [1.165, 1.54) is 24.5 Å². The molecule has 7 nitrogen and oxygen atoms in total. The summed E-state index contributed by atoms with van der Waals surface area (Å²) in [6.45, 7) is 5.09. The maximum absolute atomic E-state index is 14.7. The second kappa shape index (κ2) is 8.79. The molecule has 0 bridgehead atoms. The second-order valence-electron chi connectivity index (χ2n) is 8.20. The van der Waals surface area contributed by atoms with Crippen LogP contribution in [-0.2, 0) is 9.53 Å². The van der Waals surface area contributed by atoms with Gasteiger partial charge in [-0.25, -0.2) is 13.6 Å².